The SMILES string of the molecule is CCCCc1nc(Cl)cn1C1CCc2cc(-c3ccccc3-c3nn[nH]n3)ccc21. The van der Waals surface area contributed by atoms with Gasteiger partial charge in [-0.25, -0.2) is 4.98 Å². The lowest BCUT2D eigenvalue weighted by Crippen LogP contribution is -2.10. The first kappa shape index (κ1) is 19.0. The van der Waals surface area contributed by atoms with Crippen molar-refractivity contribution in [1.29, 1.82) is 0 Å². The van der Waals surface area contributed by atoms with Crippen LogP contribution in [0.3, 0.4) is 0 Å². The van der Waals surface area contributed by atoms with Gasteiger partial charge in [0.1, 0.15) is 11.0 Å². The number of halogens is 1. The molecule has 1 unspecified atom stereocenters. The van der Waals surface area contributed by atoms with E-state index in [1.807, 2.05) is 24.4 Å². The second-order valence-corrected chi connectivity index (χ2v) is 8.13. The van der Waals surface area contributed by atoms with Crippen LogP contribution in [0.25, 0.3) is 22.5 Å². The molecule has 1 aliphatic rings. The van der Waals surface area contributed by atoms with Crippen LogP contribution >= 0.6 is 11.6 Å². The molecule has 0 amide bonds. The molecule has 2 heterocycles. The van der Waals surface area contributed by atoms with Crippen molar-refractivity contribution in [2.75, 3.05) is 0 Å². The third-order valence-electron chi connectivity index (χ3n) is 5.88. The van der Waals surface area contributed by atoms with Crippen LogP contribution in [0.5, 0.6) is 0 Å². The highest BCUT2D eigenvalue weighted by atomic mass is 35.5. The molecule has 1 atom stereocenters. The van der Waals surface area contributed by atoms with Crippen LogP contribution in [0, 0.1) is 0 Å². The highest BCUT2D eigenvalue weighted by Crippen LogP contribution is 2.39. The zero-order chi connectivity index (χ0) is 20.5. The lowest BCUT2D eigenvalue weighted by Gasteiger charge is -2.17. The van der Waals surface area contributed by atoms with Gasteiger partial charge in [0.15, 0.2) is 0 Å². The average Bonchev–Trinajstić information content (AvgIpc) is 3.51. The summed E-state index contributed by atoms with van der Waals surface area (Å²) < 4.78 is 2.29. The molecule has 1 N–H and O–H groups in total. The molecule has 0 radical (unpaired) electrons. The summed E-state index contributed by atoms with van der Waals surface area (Å²) in [5.74, 6) is 1.70. The molecule has 4 aromatic rings. The van der Waals surface area contributed by atoms with Gasteiger partial charge in [-0.15, -0.1) is 10.2 Å². The molecule has 6 nitrogen and oxygen atoms in total. The maximum Gasteiger partial charge on any atom is 0.205 e. The normalized spacial score (nSPS) is 15.5. The summed E-state index contributed by atoms with van der Waals surface area (Å²) >= 11 is 6.27. The second-order valence-electron chi connectivity index (χ2n) is 7.74. The number of benzene rings is 2. The van der Waals surface area contributed by atoms with Crippen LogP contribution in [-0.2, 0) is 12.8 Å². The summed E-state index contributed by atoms with van der Waals surface area (Å²) in [5, 5.41) is 15.2. The van der Waals surface area contributed by atoms with E-state index in [-0.39, 0.29) is 0 Å². The molecule has 5 rings (SSSR count). The Balaban J connectivity index is 1.51. The van der Waals surface area contributed by atoms with E-state index in [2.05, 4.69) is 61.4 Å². The number of imidazole rings is 1. The molecule has 30 heavy (non-hydrogen) atoms. The van der Waals surface area contributed by atoms with E-state index in [4.69, 9.17) is 11.6 Å². The molecule has 0 spiro atoms. The van der Waals surface area contributed by atoms with Crippen molar-refractivity contribution in [3.05, 3.63) is 70.8 Å². The van der Waals surface area contributed by atoms with Crippen molar-refractivity contribution in [3.63, 3.8) is 0 Å². The van der Waals surface area contributed by atoms with Gasteiger partial charge in [0.25, 0.3) is 0 Å². The number of fused-ring (bicyclic) bond motifs is 1. The summed E-state index contributed by atoms with van der Waals surface area (Å²) in [5.41, 5.74) is 6.00. The molecule has 7 heteroatoms. The van der Waals surface area contributed by atoms with Gasteiger partial charge in [0, 0.05) is 18.2 Å². The molecule has 0 bridgehead atoms. The molecule has 0 fully saturated rings. The van der Waals surface area contributed by atoms with Gasteiger partial charge < -0.3 is 4.57 Å². The number of aromatic amines is 1. The summed E-state index contributed by atoms with van der Waals surface area (Å²) in [4.78, 5) is 4.58. The Bertz CT molecular complexity index is 1160. The third kappa shape index (κ3) is 3.41. The van der Waals surface area contributed by atoms with Crippen LogP contribution in [0.1, 0.15) is 49.2 Å². The van der Waals surface area contributed by atoms with Crippen LogP contribution in [0.15, 0.2) is 48.7 Å². The van der Waals surface area contributed by atoms with E-state index in [1.165, 1.54) is 16.7 Å². The summed E-state index contributed by atoms with van der Waals surface area (Å²) in [6.45, 7) is 2.20. The minimum Gasteiger partial charge on any atom is -0.326 e. The monoisotopic (exact) mass is 418 g/mol. The van der Waals surface area contributed by atoms with Gasteiger partial charge in [-0.05, 0) is 46.7 Å². The van der Waals surface area contributed by atoms with E-state index in [1.54, 1.807) is 0 Å². The van der Waals surface area contributed by atoms with Gasteiger partial charge in [-0.2, -0.15) is 5.21 Å². The van der Waals surface area contributed by atoms with Crippen molar-refractivity contribution in [3.8, 4) is 22.5 Å². The van der Waals surface area contributed by atoms with Crippen LogP contribution in [0.4, 0.5) is 0 Å². The van der Waals surface area contributed by atoms with Crippen molar-refractivity contribution in [1.82, 2.24) is 30.2 Å². The standard InChI is InChI=1S/C23H23ClN6/c1-2-3-8-22-25-21(24)14-30(22)20-12-10-16-13-15(9-11-18(16)20)17-6-4-5-7-19(17)23-26-28-29-27-23/h4-7,9,11,13-14,20H,2-3,8,10,12H2,1H3,(H,26,27,28,29). The van der Waals surface area contributed by atoms with E-state index in [0.29, 0.717) is 17.0 Å². The fraction of sp³-hybridized carbons (Fsp3) is 0.304. The predicted octanol–water partition coefficient (Wildman–Crippen LogP) is 5.26. The lowest BCUT2D eigenvalue weighted by molar-refractivity contribution is 0.545. The molecule has 1 aliphatic carbocycles. The minimum absolute atomic E-state index is 0.299. The zero-order valence-electron chi connectivity index (χ0n) is 16.8. The van der Waals surface area contributed by atoms with E-state index < -0.39 is 0 Å². The Labute approximate surface area is 180 Å². The Kier molecular flexibility index (Phi) is 5.09. The molecular formula is C23H23ClN6. The summed E-state index contributed by atoms with van der Waals surface area (Å²) in [6.07, 6.45) is 7.34. The van der Waals surface area contributed by atoms with Crippen molar-refractivity contribution in [2.45, 2.75) is 45.1 Å². The first-order chi connectivity index (χ1) is 14.7. The van der Waals surface area contributed by atoms with E-state index >= 15 is 0 Å². The highest BCUT2D eigenvalue weighted by molar-refractivity contribution is 6.29. The molecular weight excluding hydrogens is 396 g/mol. The van der Waals surface area contributed by atoms with Gasteiger partial charge in [0.2, 0.25) is 5.82 Å². The van der Waals surface area contributed by atoms with Gasteiger partial charge >= 0.3 is 0 Å². The fourth-order valence-electron chi connectivity index (χ4n) is 4.45. The van der Waals surface area contributed by atoms with Gasteiger partial charge in [-0.1, -0.05) is 67.4 Å². The van der Waals surface area contributed by atoms with Crippen molar-refractivity contribution in [2.24, 2.45) is 0 Å². The zero-order valence-corrected chi connectivity index (χ0v) is 17.6. The highest BCUT2D eigenvalue weighted by Gasteiger charge is 2.26. The number of aryl methyl sites for hydroxylation is 2. The van der Waals surface area contributed by atoms with Crippen molar-refractivity contribution >= 4 is 11.6 Å². The van der Waals surface area contributed by atoms with Crippen LogP contribution in [-0.4, -0.2) is 30.2 Å². The predicted molar refractivity (Wildman–Crippen MR) is 117 cm³/mol. The van der Waals surface area contributed by atoms with Crippen molar-refractivity contribution < 1.29 is 0 Å². The maximum absolute atomic E-state index is 6.27. The Morgan fingerprint density at radius 2 is 2.03 bits per heavy atom. The number of rotatable bonds is 6. The number of hydrogen-bond donors (Lipinski definition) is 1. The smallest absolute Gasteiger partial charge is 0.205 e. The second kappa shape index (κ2) is 8.03. The Hall–Kier alpha value is -2.99. The lowest BCUT2D eigenvalue weighted by atomic mass is 9.96. The van der Waals surface area contributed by atoms with Crippen LogP contribution < -0.4 is 0 Å². The number of tetrazole rings is 1. The first-order valence-corrected chi connectivity index (χ1v) is 10.8. The number of unbranched alkanes of at least 4 members (excludes halogenated alkanes) is 1. The molecule has 0 saturated heterocycles. The minimum atomic E-state index is 0.299. The number of nitrogens with one attached hydrogen (secondary N) is 1. The number of hydrogen-bond acceptors (Lipinski definition) is 4. The van der Waals surface area contributed by atoms with Gasteiger partial charge in [0.05, 0.1) is 6.04 Å². The fourth-order valence-corrected chi connectivity index (χ4v) is 4.65. The molecule has 2 aromatic heterocycles. The third-order valence-corrected chi connectivity index (χ3v) is 6.06. The average molecular weight is 419 g/mol. The van der Waals surface area contributed by atoms with Gasteiger partial charge in [-0.3, -0.25) is 0 Å². The quantitative estimate of drug-likeness (QED) is 0.463. The van der Waals surface area contributed by atoms with E-state index in [9.17, 15) is 0 Å². The molecule has 152 valence electrons. The first-order valence-electron chi connectivity index (χ1n) is 10.4. The summed E-state index contributed by atoms with van der Waals surface area (Å²) in [6, 6.07) is 15.2. The summed E-state index contributed by atoms with van der Waals surface area (Å²) in [7, 11) is 0. The number of H-pyrrole nitrogens is 1. The molecule has 0 aliphatic heterocycles. The molecule has 2 aromatic carbocycles. The number of aromatic nitrogens is 6. The largest absolute Gasteiger partial charge is 0.326 e. The maximum atomic E-state index is 6.27. The Morgan fingerprint density at radius 3 is 2.83 bits per heavy atom. The van der Waals surface area contributed by atoms with E-state index in [0.717, 1.165) is 49.1 Å². The topological polar surface area (TPSA) is 72.3 Å². The van der Waals surface area contributed by atoms with Crippen LogP contribution in [0.2, 0.25) is 5.15 Å². The number of nitrogens with zero attached hydrogens (tertiary/aromatic N) is 5. The Morgan fingerprint density at radius 1 is 1.17 bits per heavy atom. The molecule has 0 saturated carbocycles.